The molecule has 0 aliphatic heterocycles. The lowest BCUT2D eigenvalue weighted by molar-refractivity contribution is 0.702. The normalized spacial score (nSPS) is 12.4. The van der Waals surface area contributed by atoms with Crippen LogP contribution in [0.1, 0.15) is 35.3 Å². The second-order valence-corrected chi connectivity index (χ2v) is 4.67. The molecule has 2 aromatic rings. The van der Waals surface area contributed by atoms with Crippen LogP contribution in [0.4, 0.5) is 0 Å². The molecule has 18 heavy (non-hydrogen) atoms. The Morgan fingerprint density at radius 1 is 1.17 bits per heavy atom. The first kappa shape index (κ1) is 12.8. The quantitative estimate of drug-likeness (QED) is 0.891. The predicted molar refractivity (Wildman–Crippen MR) is 75.4 cm³/mol. The largest absolute Gasteiger partial charge is 0.324 e. The summed E-state index contributed by atoms with van der Waals surface area (Å²) in [7, 11) is 0. The number of hydrogen-bond acceptors (Lipinski definition) is 2. The van der Waals surface area contributed by atoms with Crippen molar-refractivity contribution in [2.24, 2.45) is 5.73 Å². The number of hydrogen-bond donors (Lipinski definition) is 1. The third kappa shape index (κ3) is 2.96. The van der Waals surface area contributed by atoms with Crippen molar-refractivity contribution in [1.29, 1.82) is 0 Å². The lowest BCUT2D eigenvalue weighted by atomic mass is 9.99. The first-order valence-corrected chi connectivity index (χ1v) is 6.45. The van der Waals surface area contributed by atoms with E-state index in [4.69, 9.17) is 5.73 Å². The second-order valence-electron chi connectivity index (χ2n) is 4.67. The van der Waals surface area contributed by atoms with E-state index in [1.807, 2.05) is 12.3 Å². The van der Waals surface area contributed by atoms with E-state index in [1.54, 1.807) is 0 Å². The molecule has 1 aromatic heterocycles. The summed E-state index contributed by atoms with van der Waals surface area (Å²) >= 11 is 0. The van der Waals surface area contributed by atoms with Crippen LogP contribution in [0, 0.1) is 6.92 Å². The third-order valence-electron chi connectivity index (χ3n) is 3.35. The smallest absolute Gasteiger partial charge is 0.0451 e. The van der Waals surface area contributed by atoms with E-state index in [0.717, 1.165) is 18.5 Å². The zero-order valence-corrected chi connectivity index (χ0v) is 11.1. The van der Waals surface area contributed by atoms with Crippen LogP contribution < -0.4 is 5.73 Å². The van der Waals surface area contributed by atoms with E-state index in [9.17, 15) is 0 Å². The summed E-state index contributed by atoms with van der Waals surface area (Å²) in [6.45, 7) is 4.24. The lowest BCUT2D eigenvalue weighted by Crippen LogP contribution is -2.14. The monoisotopic (exact) mass is 240 g/mol. The van der Waals surface area contributed by atoms with Gasteiger partial charge in [-0.05, 0) is 36.1 Å². The van der Waals surface area contributed by atoms with E-state index in [2.05, 4.69) is 49.2 Å². The van der Waals surface area contributed by atoms with Gasteiger partial charge in [-0.25, -0.2) is 0 Å². The van der Waals surface area contributed by atoms with Crippen molar-refractivity contribution in [1.82, 2.24) is 4.98 Å². The molecule has 0 amide bonds. The highest BCUT2D eigenvalue weighted by Gasteiger charge is 2.09. The van der Waals surface area contributed by atoms with Gasteiger partial charge in [0.2, 0.25) is 0 Å². The number of pyridine rings is 1. The highest BCUT2D eigenvalue weighted by molar-refractivity contribution is 5.27. The van der Waals surface area contributed by atoms with Crippen molar-refractivity contribution in [2.75, 3.05) is 0 Å². The van der Waals surface area contributed by atoms with Crippen molar-refractivity contribution in [3.05, 3.63) is 65.0 Å². The number of aryl methyl sites for hydroxylation is 2. The number of aromatic nitrogens is 1. The van der Waals surface area contributed by atoms with Gasteiger partial charge in [-0.15, -0.1) is 0 Å². The third-order valence-corrected chi connectivity index (χ3v) is 3.35. The molecule has 0 saturated heterocycles. The Labute approximate surface area is 109 Å². The minimum atomic E-state index is 0.0181. The molecular weight excluding hydrogens is 220 g/mol. The summed E-state index contributed by atoms with van der Waals surface area (Å²) in [5, 5.41) is 0. The predicted octanol–water partition coefficient (Wildman–Crippen LogP) is 3.19. The number of rotatable bonds is 4. The average Bonchev–Trinajstić information content (AvgIpc) is 2.41. The second kappa shape index (κ2) is 5.78. The molecule has 0 aliphatic carbocycles. The van der Waals surface area contributed by atoms with Gasteiger partial charge in [-0.3, -0.25) is 4.98 Å². The summed E-state index contributed by atoms with van der Waals surface area (Å²) in [5.41, 5.74) is 11.1. The van der Waals surface area contributed by atoms with Gasteiger partial charge < -0.3 is 5.73 Å². The van der Waals surface area contributed by atoms with Crippen LogP contribution in [0.3, 0.4) is 0 Å². The fraction of sp³-hybridized carbons (Fsp3) is 0.312. The van der Waals surface area contributed by atoms with Gasteiger partial charge in [-0.1, -0.05) is 37.3 Å². The highest BCUT2D eigenvalue weighted by Crippen LogP contribution is 2.17. The minimum Gasteiger partial charge on any atom is -0.324 e. The summed E-state index contributed by atoms with van der Waals surface area (Å²) in [4.78, 5) is 4.40. The van der Waals surface area contributed by atoms with Gasteiger partial charge in [0.1, 0.15) is 0 Å². The van der Waals surface area contributed by atoms with Gasteiger partial charge in [0, 0.05) is 24.4 Å². The molecule has 1 unspecified atom stereocenters. The molecule has 0 fully saturated rings. The SMILES string of the molecule is CCc1ccc(C(N)Cc2ncccc2C)cc1. The van der Waals surface area contributed by atoms with E-state index in [0.29, 0.717) is 0 Å². The Kier molecular flexibility index (Phi) is 4.11. The van der Waals surface area contributed by atoms with Crippen LogP contribution >= 0.6 is 0 Å². The molecule has 0 spiro atoms. The van der Waals surface area contributed by atoms with E-state index in [-0.39, 0.29) is 6.04 Å². The Morgan fingerprint density at radius 2 is 1.89 bits per heavy atom. The van der Waals surface area contributed by atoms with Crippen molar-refractivity contribution >= 4 is 0 Å². The maximum absolute atomic E-state index is 6.25. The Bertz CT molecular complexity index is 503. The molecule has 1 aromatic carbocycles. The van der Waals surface area contributed by atoms with Crippen LogP contribution in [0.2, 0.25) is 0 Å². The van der Waals surface area contributed by atoms with Gasteiger partial charge in [0.15, 0.2) is 0 Å². The van der Waals surface area contributed by atoms with Crippen molar-refractivity contribution in [2.45, 2.75) is 32.7 Å². The maximum Gasteiger partial charge on any atom is 0.0451 e. The molecule has 2 N–H and O–H groups in total. The van der Waals surface area contributed by atoms with Gasteiger partial charge in [0.25, 0.3) is 0 Å². The summed E-state index contributed by atoms with van der Waals surface area (Å²) in [6, 6.07) is 12.6. The maximum atomic E-state index is 6.25. The standard InChI is InChI=1S/C16H20N2/c1-3-13-6-8-14(9-7-13)15(17)11-16-12(2)5-4-10-18-16/h4-10,15H,3,11,17H2,1-2H3. The number of nitrogens with zero attached hydrogens (tertiary/aromatic N) is 1. The summed E-state index contributed by atoms with van der Waals surface area (Å²) in [5.74, 6) is 0. The first-order chi connectivity index (χ1) is 8.70. The van der Waals surface area contributed by atoms with Gasteiger partial charge in [-0.2, -0.15) is 0 Å². The van der Waals surface area contributed by atoms with Crippen LogP contribution in [0.5, 0.6) is 0 Å². The van der Waals surface area contributed by atoms with Crippen molar-refractivity contribution in [3.8, 4) is 0 Å². The molecule has 0 bridgehead atoms. The van der Waals surface area contributed by atoms with Gasteiger partial charge >= 0.3 is 0 Å². The van der Waals surface area contributed by atoms with Crippen LogP contribution in [-0.2, 0) is 12.8 Å². The van der Waals surface area contributed by atoms with E-state index in [1.165, 1.54) is 16.7 Å². The van der Waals surface area contributed by atoms with Gasteiger partial charge in [0.05, 0.1) is 0 Å². The van der Waals surface area contributed by atoms with Crippen LogP contribution in [0.25, 0.3) is 0 Å². The fourth-order valence-electron chi connectivity index (χ4n) is 2.06. The van der Waals surface area contributed by atoms with E-state index < -0.39 is 0 Å². The summed E-state index contributed by atoms with van der Waals surface area (Å²) in [6.07, 6.45) is 3.68. The molecule has 2 rings (SSSR count). The molecule has 0 aliphatic rings. The molecule has 0 radical (unpaired) electrons. The molecule has 2 nitrogen and oxygen atoms in total. The van der Waals surface area contributed by atoms with Crippen LogP contribution in [-0.4, -0.2) is 4.98 Å². The highest BCUT2D eigenvalue weighted by atomic mass is 14.7. The topological polar surface area (TPSA) is 38.9 Å². The molecule has 0 saturated carbocycles. The zero-order valence-electron chi connectivity index (χ0n) is 11.1. The van der Waals surface area contributed by atoms with Crippen LogP contribution in [0.15, 0.2) is 42.6 Å². The minimum absolute atomic E-state index is 0.0181. The Balaban J connectivity index is 2.11. The van der Waals surface area contributed by atoms with Crippen molar-refractivity contribution in [3.63, 3.8) is 0 Å². The number of benzene rings is 1. The first-order valence-electron chi connectivity index (χ1n) is 6.45. The van der Waals surface area contributed by atoms with E-state index >= 15 is 0 Å². The fourth-order valence-corrected chi connectivity index (χ4v) is 2.06. The molecule has 2 heteroatoms. The Hall–Kier alpha value is -1.67. The summed E-state index contributed by atoms with van der Waals surface area (Å²) < 4.78 is 0. The van der Waals surface area contributed by atoms with Crippen molar-refractivity contribution < 1.29 is 0 Å². The molecule has 1 atom stereocenters. The lowest BCUT2D eigenvalue weighted by Gasteiger charge is -2.13. The molecular formula is C16H20N2. The zero-order chi connectivity index (χ0) is 13.0. The Morgan fingerprint density at radius 3 is 2.50 bits per heavy atom. The average molecular weight is 240 g/mol. The number of nitrogens with two attached hydrogens (primary N) is 1. The molecule has 1 heterocycles. The molecule has 94 valence electrons.